The van der Waals surface area contributed by atoms with E-state index in [4.69, 9.17) is 4.74 Å². The van der Waals surface area contributed by atoms with Crippen LogP contribution in [0.2, 0.25) is 0 Å². The number of thiazole rings is 1. The smallest absolute Gasteiger partial charge is 0.264 e. The summed E-state index contributed by atoms with van der Waals surface area (Å²) in [4.78, 5) is 16.3. The lowest BCUT2D eigenvalue weighted by molar-refractivity contribution is -0.118. The summed E-state index contributed by atoms with van der Waals surface area (Å²) in [5, 5.41) is 3.25. The molecule has 0 saturated carbocycles. The second kappa shape index (κ2) is 6.11. The third-order valence-electron chi connectivity index (χ3n) is 3.05. The zero-order valence-corrected chi connectivity index (χ0v) is 12.6. The average Bonchev–Trinajstić information content (AvgIpc) is 2.90. The fourth-order valence-corrected chi connectivity index (χ4v) is 2.93. The zero-order valence-electron chi connectivity index (χ0n) is 11.8. The summed E-state index contributed by atoms with van der Waals surface area (Å²) in [6.45, 7) is 1.83. The van der Waals surface area contributed by atoms with Crippen molar-refractivity contribution in [2.75, 3.05) is 11.9 Å². The van der Waals surface area contributed by atoms with Crippen LogP contribution in [0.4, 0.5) is 9.52 Å². The van der Waals surface area contributed by atoms with Gasteiger partial charge in [-0.1, -0.05) is 23.5 Å². The third kappa shape index (κ3) is 3.23. The highest BCUT2D eigenvalue weighted by Crippen LogP contribution is 2.27. The number of benzene rings is 2. The van der Waals surface area contributed by atoms with Crippen molar-refractivity contribution < 1.29 is 13.9 Å². The van der Waals surface area contributed by atoms with Crippen LogP contribution in [-0.2, 0) is 4.79 Å². The van der Waals surface area contributed by atoms with E-state index in [0.717, 1.165) is 15.8 Å². The molecule has 0 fully saturated rings. The summed E-state index contributed by atoms with van der Waals surface area (Å²) in [5.74, 6) is -0.209. The van der Waals surface area contributed by atoms with Crippen LogP contribution in [0, 0.1) is 12.7 Å². The highest BCUT2D eigenvalue weighted by Gasteiger charge is 2.09. The Labute approximate surface area is 130 Å². The minimum Gasteiger partial charge on any atom is -0.484 e. The molecule has 0 saturated heterocycles. The topological polar surface area (TPSA) is 51.2 Å². The Bertz CT molecular complexity index is 815. The van der Waals surface area contributed by atoms with Crippen molar-refractivity contribution in [3.05, 3.63) is 53.8 Å². The Balaban J connectivity index is 1.63. The van der Waals surface area contributed by atoms with Gasteiger partial charge in [0.05, 0.1) is 10.2 Å². The fourth-order valence-electron chi connectivity index (χ4n) is 1.97. The molecular weight excluding hydrogens is 303 g/mol. The van der Waals surface area contributed by atoms with Crippen LogP contribution in [-0.4, -0.2) is 17.5 Å². The molecule has 1 amide bonds. The first-order valence-electron chi connectivity index (χ1n) is 6.66. The maximum absolute atomic E-state index is 12.8. The summed E-state index contributed by atoms with van der Waals surface area (Å²) >= 11 is 1.42. The Kier molecular flexibility index (Phi) is 4.02. The van der Waals surface area contributed by atoms with Crippen molar-refractivity contribution in [2.24, 2.45) is 0 Å². The second-order valence-electron chi connectivity index (χ2n) is 4.73. The van der Waals surface area contributed by atoms with Crippen LogP contribution in [0.15, 0.2) is 42.5 Å². The highest BCUT2D eigenvalue weighted by molar-refractivity contribution is 7.22. The van der Waals surface area contributed by atoms with Gasteiger partial charge in [0.25, 0.3) is 5.91 Å². The van der Waals surface area contributed by atoms with Gasteiger partial charge in [-0.05, 0) is 42.8 Å². The molecular formula is C16H13FN2O2S. The van der Waals surface area contributed by atoms with Crippen LogP contribution in [0.25, 0.3) is 10.2 Å². The van der Waals surface area contributed by atoms with Crippen molar-refractivity contribution in [1.82, 2.24) is 4.98 Å². The van der Waals surface area contributed by atoms with Crippen LogP contribution < -0.4 is 10.1 Å². The first-order valence-corrected chi connectivity index (χ1v) is 7.48. The molecule has 6 heteroatoms. The first-order chi connectivity index (χ1) is 10.6. The summed E-state index contributed by atoms with van der Waals surface area (Å²) in [6.07, 6.45) is 0. The van der Waals surface area contributed by atoms with Crippen molar-refractivity contribution in [2.45, 2.75) is 6.92 Å². The molecule has 22 heavy (non-hydrogen) atoms. The van der Waals surface area contributed by atoms with Gasteiger partial charge in [-0.2, -0.15) is 0 Å². The quantitative estimate of drug-likeness (QED) is 0.797. The van der Waals surface area contributed by atoms with Crippen molar-refractivity contribution in [1.29, 1.82) is 0 Å². The van der Waals surface area contributed by atoms with E-state index in [9.17, 15) is 9.18 Å². The van der Waals surface area contributed by atoms with Crippen LogP contribution in [0.1, 0.15) is 5.56 Å². The van der Waals surface area contributed by atoms with Gasteiger partial charge in [0.2, 0.25) is 0 Å². The number of carbonyl (C=O) groups is 1. The molecule has 3 aromatic rings. The standard InChI is InChI=1S/C16H13FN2O2S/c1-10-3-2-4-13-15(10)19-16(22-13)18-14(20)9-21-12-7-5-11(17)6-8-12/h2-8H,9H2,1H3,(H,18,19,20). The molecule has 2 aromatic carbocycles. The maximum atomic E-state index is 12.8. The minimum absolute atomic E-state index is 0.152. The molecule has 0 unspecified atom stereocenters. The SMILES string of the molecule is Cc1cccc2sc(NC(=O)COc3ccc(F)cc3)nc12. The number of amides is 1. The maximum Gasteiger partial charge on any atom is 0.264 e. The molecule has 112 valence electrons. The van der Waals surface area contributed by atoms with E-state index in [0.29, 0.717) is 10.9 Å². The number of aryl methyl sites for hydroxylation is 1. The number of anilines is 1. The number of fused-ring (bicyclic) bond motifs is 1. The first kappa shape index (κ1) is 14.5. The highest BCUT2D eigenvalue weighted by atomic mass is 32.1. The molecule has 0 aliphatic rings. The van der Waals surface area contributed by atoms with Gasteiger partial charge in [0.1, 0.15) is 11.6 Å². The van der Waals surface area contributed by atoms with Gasteiger partial charge in [0.15, 0.2) is 11.7 Å². The van der Waals surface area contributed by atoms with Crippen molar-refractivity contribution in [3.63, 3.8) is 0 Å². The molecule has 3 rings (SSSR count). The molecule has 0 aliphatic heterocycles. The Morgan fingerprint density at radius 2 is 2.05 bits per heavy atom. The molecule has 0 bridgehead atoms. The predicted octanol–water partition coefficient (Wildman–Crippen LogP) is 3.76. The Hall–Kier alpha value is -2.47. The number of ether oxygens (including phenoxy) is 1. The Morgan fingerprint density at radius 3 is 2.77 bits per heavy atom. The summed E-state index contributed by atoms with van der Waals surface area (Å²) in [5.41, 5.74) is 1.96. The van der Waals surface area contributed by atoms with E-state index >= 15 is 0 Å². The van der Waals surface area contributed by atoms with E-state index in [2.05, 4.69) is 10.3 Å². The third-order valence-corrected chi connectivity index (χ3v) is 3.99. The number of carbonyl (C=O) groups excluding carboxylic acids is 1. The summed E-state index contributed by atoms with van der Waals surface area (Å²) in [6, 6.07) is 11.4. The molecule has 1 N–H and O–H groups in total. The van der Waals surface area contributed by atoms with E-state index in [1.807, 2.05) is 25.1 Å². The number of rotatable bonds is 4. The largest absolute Gasteiger partial charge is 0.484 e. The van der Waals surface area contributed by atoms with Crippen LogP contribution in [0.3, 0.4) is 0 Å². The van der Waals surface area contributed by atoms with E-state index in [1.165, 1.54) is 35.6 Å². The molecule has 0 spiro atoms. The van der Waals surface area contributed by atoms with Crippen molar-refractivity contribution >= 4 is 32.6 Å². The number of aromatic nitrogens is 1. The van der Waals surface area contributed by atoms with Crippen LogP contribution >= 0.6 is 11.3 Å². The lowest BCUT2D eigenvalue weighted by Gasteiger charge is -2.05. The van der Waals surface area contributed by atoms with E-state index < -0.39 is 0 Å². The molecule has 1 aromatic heterocycles. The molecule has 0 atom stereocenters. The fraction of sp³-hybridized carbons (Fsp3) is 0.125. The summed E-state index contributed by atoms with van der Waals surface area (Å²) < 4.78 is 19.1. The van der Waals surface area contributed by atoms with Crippen molar-refractivity contribution in [3.8, 4) is 5.75 Å². The van der Waals surface area contributed by atoms with Gasteiger partial charge < -0.3 is 4.74 Å². The number of hydrogen-bond acceptors (Lipinski definition) is 4. The number of para-hydroxylation sites is 1. The van der Waals surface area contributed by atoms with Gasteiger partial charge in [-0.25, -0.2) is 9.37 Å². The molecule has 1 heterocycles. The van der Waals surface area contributed by atoms with Gasteiger partial charge >= 0.3 is 0 Å². The van der Waals surface area contributed by atoms with Gasteiger partial charge in [-0.3, -0.25) is 10.1 Å². The number of halogens is 1. The predicted molar refractivity (Wildman–Crippen MR) is 84.9 cm³/mol. The second-order valence-corrected chi connectivity index (χ2v) is 5.76. The molecule has 0 aliphatic carbocycles. The van der Waals surface area contributed by atoms with Crippen LogP contribution in [0.5, 0.6) is 5.75 Å². The normalized spacial score (nSPS) is 10.6. The van der Waals surface area contributed by atoms with Gasteiger partial charge in [0, 0.05) is 0 Å². The number of nitrogens with one attached hydrogen (secondary N) is 1. The minimum atomic E-state index is -0.346. The lowest BCUT2D eigenvalue weighted by Crippen LogP contribution is -2.19. The van der Waals surface area contributed by atoms with E-state index in [1.54, 1.807) is 0 Å². The Morgan fingerprint density at radius 1 is 1.27 bits per heavy atom. The zero-order chi connectivity index (χ0) is 15.5. The van der Waals surface area contributed by atoms with E-state index in [-0.39, 0.29) is 18.3 Å². The summed E-state index contributed by atoms with van der Waals surface area (Å²) in [7, 11) is 0. The monoisotopic (exact) mass is 316 g/mol. The molecule has 4 nitrogen and oxygen atoms in total. The lowest BCUT2D eigenvalue weighted by atomic mass is 10.2. The average molecular weight is 316 g/mol. The van der Waals surface area contributed by atoms with Gasteiger partial charge in [-0.15, -0.1) is 0 Å². The number of hydrogen-bond donors (Lipinski definition) is 1. The number of nitrogens with zero attached hydrogens (tertiary/aromatic N) is 1. The molecule has 0 radical (unpaired) electrons.